The molecule has 2 saturated carbocycles. The van der Waals surface area contributed by atoms with Crippen molar-refractivity contribution < 1.29 is 9.59 Å². The van der Waals surface area contributed by atoms with Gasteiger partial charge in [-0.1, -0.05) is 90.6 Å². The molecule has 0 saturated heterocycles. The lowest BCUT2D eigenvalue weighted by Crippen LogP contribution is -2.51. The van der Waals surface area contributed by atoms with Gasteiger partial charge in [0.25, 0.3) is 11.8 Å². The second-order valence-corrected chi connectivity index (χ2v) is 20.7. The predicted molar refractivity (Wildman–Crippen MR) is 287 cm³/mol. The van der Waals surface area contributed by atoms with E-state index in [2.05, 4.69) is 107 Å². The summed E-state index contributed by atoms with van der Waals surface area (Å²) in [7, 11) is 3.71. The minimum absolute atomic E-state index is 0.0207. The van der Waals surface area contributed by atoms with Crippen LogP contribution in [0.5, 0.6) is 0 Å². The summed E-state index contributed by atoms with van der Waals surface area (Å²) in [5.74, 6) is 2.41. The largest absolute Gasteiger partial charge is 0.341 e. The Hall–Kier alpha value is -8.17. The van der Waals surface area contributed by atoms with Crippen molar-refractivity contribution in [1.82, 2.24) is 33.5 Å². The molecule has 2 aliphatic carbocycles. The molecule has 14 nitrogen and oxygen atoms in total. The first kappa shape index (κ1) is 44.7. The Morgan fingerprint density at radius 1 is 0.616 bits per heavy atom. The fourth-order valence-corrected chi connectivity index (χ4v) is 12.6. The number of carbonyl (C=O) groups is 2. The molecule has 8 heterocycles. The molecule has 0 unspecified atom stereocenters. The van der Waals surface area contributed by atoms with E-state index in [4.69, 9.17) is 9.98 Å². The van der Waals surface area contributed by atoms with Crippen molar-refractivity contribution >= 4 is 58.4 Å². The maximum Gasteiger partial charge on any atom is 0.266 e. The van der Waals surface area contributed by atoms with E-state index < -0.39 is 0 Å². The van der Waals surface area contributed by atoms with Gasteiger partial charge in [-0.25, -0.2) is 15.0 Å². The van der Waals surface area contributed by atoms with Crippen molar-refractivity contribution in [3.8, 4) is 16.9 Å². The molecule has 15 heteroatoms. The highest BCUT2D eigenvalue weighted by atomic mass is 32.2. The Labute approximate surface area is 428 Å². The number of nitrogens with one attached hydrogen (secondary N) is 1. The van der Waals surface area contributed by atoms with Gasteiger partial charge in [0, 0.05) is 80.0 Å². The Bertz CT molecular complexity index is 3410. The zero-order valence-electron chi connectivity index (χ0n) is 40.7. The fraction of sp³-hybridized carbons (Fsp3) is 0.241. The van der Waals surface area contributed by atoms with Gasteiger partial charge in [0.2, 0.25) is 11.9 Å². The molecule has 0 bridgehead atoms. The second-order valence-electron chi connectivity index (χ2n) is 19.6. The number of nitrogens with zero attached hydrogens (tertiary/aromatic N) is 11. The highest BCUT2D eigenvalue weighted by molar-refractivity contribution is 7.99. The van der Waals surface area contributed by atoms with Crippen LogP contribution in [0.25, 0.3) is 16.9 Å². The molecule has 14 rings (SSSR count). The van der Waals surface area contributed by atoms with Crippen LogP contribution >= 0.6 is 11.8 Å². The van der Waals surface area contributed by atoms with E-state index >= 15 is 0 Å². The molecule has 4 aromatic carbocycles. The minimum Gasteiger partial charge on any atom is -0.341 e. The third-order valence-corrected chi connectivity index (χ3v) is 16.3. The Kier molecular flexibility index (Phi) is 11.3. The lowest BCUT2D eigenvalue weighted by Gasteiger charge is -2.35. The van der Waals surface area contributed by atoms with E-state index in [9.17, 15) is 9.59 Å². The molecule has 8 aromatic rings. The highest BCUT2D eigenvalue weighted by Crippen LogP contribution is 2.47. The average Bonchev–Trinajstić information content (AvgIpc) is 4.31. The number of para-hydroxylation sites is 1. The summed E-state index contributed by atoms with van der Waals surface area (Å²) in [6, 6.07) is 44.5. The predicted octanol–water partition coefficient (Wildman–Crippen LogP) is 10.6. The SMILES string of the molecule is CN1C(=O)c2c(cn(Cc3ccc(-c4ccccn4)cc3)c2Sc2ccccc2)N2C1=N[C@@H]1CCC[C@@H]12.CN1C(=O)c2c(cn(Cc3ccc(-n4ccnc4)cc3)c2Nc2ccccc2)N2C1=N[C@@H]1CCC[C@@H]12. The number of fused-ring (bicyclic) bond motifs is 10. The van der Waals surface area contributed by atoms with Gasteiger partial charge in [0.05, 0.1) is 58.2 Å². The average molecular weight is 983 g/mol. The van der Waals surface area contributed by atoms with Gasteiger partial charge in [-0.15, -0.1) is 0 Å². The second kappa shape index (κ2) is 18.5. The van der Waals surface area contributed by atoms with Crippen molar-refractivity contribution in [1.29, 1.82) is 0 Å². The molecule has 4 aliphatic heterocycles. The van der Waals surface area contributed by atoms with Crippen LogP contribution in [0.4, 0.5) is 22.9 Å². The zero-order chi connectivity index (χ0) is 49.2. The third kappa shape index (κ3) is 7.98. The Balaban J connectivity index is 0.000000141. The van der Waals surface area contributed by atoms with Gasteiger partial charge in [0.1, 0.15) is 11.4 Å². The van der Waals surface area contributed by atoms with Gasteiger partial charge in [-0.05, 0) is 98.2 Å². The zero-order valence-corrected chi connectivity index (χ0v) is 41.5. The van der Waals surface area contributed by atoms with Gasteiger partial charge in [0.15, 0.2) is 0 Å². The monoisotopic (exact) mass is 982 g/mol. The fourth-order valence-electron chi connectivity index (χ4n) is 11.5. The Morgan fingerprint density at radius 3 is 1.84 bits per heavy atom. The molecule has 6 aliphatic rings. The van der Waals surface area contributed by atoms with Crippen molar-refractivity contribution in [2.24, 2.45) is 9.98 Å². The molecular formula is C58H54N12O2S. The van der Waals surface area contributed by atoms with Crippen LogP contribution in [-0.4, -0.2) is 95.5 Å². The van der Waals surface area contributed by atoms with Gasteiger partial charge in [-0.3, -0.25) is 24.4 Å². The highest BCUT2D eigenvalue weighted by Gasteiger charge is 2.50. The van der Waals surface area contributed by atoms with Crippen molar-refractivity contribution in [3.63, 3.8) is 0 Å². The van der Waals surface area contributed by atoms with Crippen LogP contribution in [0.15, 0.2) is 185 Å². The number of carbonyl (C=O) groups excluding carboxylic acids is 2. The number of aromatic nitrogens is 5. The first-order valence-corrected chi connectivity index (χ1v) is 26.1. The van der Waals surface area contributed by atoms with E-state index in [1.807, 2.05) is 97.8 Å². The number of imidazole rings is 1. The van der Waals surface area contributed by atoms with Crippen molar-refractivity contribution in [3.05, 3.63) is 187 Å². The van der Waals surface area contributed by atoms with E-state index in [0.29, 0.717) is 30.7 Å². The van der Waals surface area contributed by atoms with Gasteiger partial charge in [-0.2, -0.15) is 0 Å². The van der Waals surface area contributed by atoms with Gasteiger partial charge < -0.3 is 28.8 Å². The number of hydrogen-bond acceptors (Lipinski definition) is 10. The maximum absolute atomic E-state index is 13.7. The number of amides is 2. The molecule has 2 fully saturated rings. The van der Waals surface area contributed by atoms with E-state index in [0.717, 1.165) is 98.5 Å². The number of guanidine groups is 2. The third-order valence-electron chi connectivity index (χ3n) is 15.1. The number of hydrogen-bond donors (Lipinski definition) is 1. The summed E-state index contributed by atoms with van der Waals surface area (Å²) in [6.07, 6.45) is 18.4. The van der Waals surface area contributed by atoms with Crippen LogP contribution < -0.4 is 15.1 Å². The Morgan fingerprint density at radius 2 is 1.21 bits per heavy atom. The van der Waals surface area contributed by atoms with Crippen LogP contribution in [0.3, 0.4) is 0 Å². The lowest BCUT2D eigenvalue weighted by atomic mass is 10.1. The van der Waals surface area contributed by atoms with Gasteiger partial charge >= 0.3 is 0 Å². The maximum atomic E-state index is 13.7. The van der Waals surface area contributed by atoms with Crippen LogP contribution in [0.2, 0.25) is 0 Å². The summed E-state index contributed by atoms with van der Waals surface area (Å²) in [4.78, 5) is 55.2. The molecule has 0 spiro atoms. The van der Waals surface area contributed by atoms with Crippen LogP contribution in [0.1, 0.15) is 70.4 Å². The quantitative estimate of drug-likeness (QED) is 0.144. The molecule has 73 heavy (non-hydrogen) atoms. The smallest absolute Gasteiger partial charge is 0.266 e. The number of aliphatic imine (C=N–C) groups is 2. The molecule has 0 radical (unpaired) electrons. The summed E-state index contributed by atoms with van der Waals surface area (Å²) < 4.78 is 6.40. The normalized spacial score (nSPS) is 20.1. The lowest BCUT2D eigenvalue weighted by molar-refractivity contribution is 0.0855. The molecule has 4 aromatic heterocycles. The van der Waals surface area contributed by atoms with E-state index in [1.54, 1.807) is 34.1 Å². The summed E-state index contributed by atoms with van der Waals surface area (Å²) >= 11 is 1.66. The van der Waals surface area contributed by atoms with E-state index in [1.165, 1.54) is 18.4 Å². The molecule has 364 valence electrons. The van der Waals surface area contributed by atoms with Crippen molar-refractivity contribution in [2.75, 3.05) is 29.2 Å². The standard InChI is InChI=1S/C30H27N5OS.C28H27N7O/c1-33-28(36)27-26(35-25-12-7-11-24(25)32-30(33)35)19-34(29(27)37-22-8-3-2-4-9-22)18-20-13-15-21(16-14-20)23-10-5-6-17-31-23;1-32-27(36)25-24(35-23-9-5-8-22(23)31-28(32)35)17-34(26(25)30-20-6-3-2-4-7-20)16-19-10-12-21(13-11-19)33-15-14-29-18-33/h2-6,8-10,13-17,19,24-25H,7,11-12,18H2,1H3;2-4,6-7,10-15,17-18,22-23,30H,5,8-9,16H2,1H3/t24-,25+;22-,23+/m11/s1. The van der Waals surface area contributed by atoms with Crippen LogP contribution in [0, 0.1) is 0 Å². The number of benzene rings is 4. The summed E-state index contributed by atoms with van der Waals surface area (Å²) in [5.41, 5.74) is 9.85. The number of rotatable bonds is 10. The molecular weight excluding hydrogens is 929 g/mol. The summed E-state index contributed by atoms with van der Waals surface area (Å²) in [5, 5.41) is 4.54. The molecule has 4 atom stereocenters. The molecule has 1 N–H and O–H groups in total. The number of anilines is 4. The first-order valence-electron chi connectivity index (χ1n) is 25.2. The van der Waals surface area contributed by atoms with Crippen LogP contribution in [-0.2, 0) is 13.1 Å². The first-order chi connectivity index (χ1) is 35.8. The summed E-state index contributed by atoms with van der Waals surface area (Å²) in [6.45, 7) is 1.31. The molecule has 2 amide bonds. The minimum atomic E-state index is -0.0207. The van der Waals surface area contributed by atoms with E-state index in [-0.39, 0.29) is 23.9 Å². The topological polar surface area (TPSA) is 124 Å². The number of pyridine rings is 1. The van der Waals surface area contributed by atoms with Crippen molar-refractivity contribution in [2.45, 2.75) is 85.7 Å².